The van der Waals surface area contributed by atoms with Gasteiger partial charge in [0.05, 0.1) is 11.1 Å². The standard InChI is InChI=1S/C27H19F6NO5/c1-15-21(34-24(39-15)17-5-3-2-4-6-17)14-37-19-9-7-16(8-10-19)13-38-22-12-18(26(28,29)30)11-20(27(31,32)33)23(22)25(35)36/h2-12H,13-14H2,1H3,(H,35,36). The monoisotopic (exact) mass is 551 g/mol. The van der Waals surface area contributed by atoms with Gasteiger partial charge in [-0.1, -0.05) is 30.3 Å². The Balaban J connectivity index is 1.47. The maximum atomic E-state index is 13.4. The number of carbonyl (C=O) groups is 1. The summed E-state index contributed by atoms with van der Waals surface area (Å²) in [6.45, 7) is 1.31. The molecule has 4 rings (SSSR count). The van der Waals surface area contributed by atoms with Crippen LogP contribution in [-0.2, 0) is 25.6 Å². The number of oxazole rings is 1. The lowest BCUT2D eigenvalue weighted by molar-refractivity contribution is -0.143. The molecule has 204 valence electrons. The fourth-order valence-electron chi connectivity index (χ4n) is 3.60. The van der Waals surface area contributed by atoms with Crippen LogP contribution in [0.1, 0.15) is 38.5 Å². The quantitative estimate of drug-likeness (QED) is 0.228. The number of carboxylic acid groups (broad SMARTS) is 1. The van der Waals surface area contributed by atoms with E-state index in [-0.39, 0.29) is 18.7 Å². The van der Waals surface area contributed by atoms with Crippen LogP contribution in [0, 0.1) is 6.92 Å². The molecule has 0 aliphatic carbocycles. The summed E-state index contributed by atoms with van der Waals surface area (Å²) in [5.74, 6) is -1.74. The van der Waals surface area contributed by atoms with Gasteiger partial charge in [0.1, 0.15) is 41.7 Å². The smallest absolute Gasteiger partial charge is 0.417 e. The van der Waals surface area contributed by atoms with Gasteiger partial charge in [0.15, 0.2) is 0 Å². The number of nitrogens with zero attached hydrogens (tertiary/aromatic N) is 1. The second kappa shape index (κ2) is 10.7. The van der Waals surface area contributed by atoms with E-state index in [0.717, 1.165) is 5.56 Å². The summed E-state index contributed by atoms with van der Waals surface area (Å²) in [6, 6.07) is 15.2. The molecule has 12 heteroatoms. The van der Waals surface area contributed by atoms with Gasteiger partial charge in [0.25, 0.3) is 0 Å². The normalized spacial score (nSPS) is 11.9. The fourth-order valence-corrected chi connectivity index (χ4v) is 3.60. The SMILES string of the molecule is Cc1oc(-c2ccccc2)nc1COc1ccc(COc2cc(C(F)(F)F)cc(C(F)(F)F)c2C(=O)O)cc1. The lowest BCUT2D eigenvalue weighted by Gasteiger charge is -2.18. The first-order valence-electron chi connectivity index (χ1n) is 11.2. The van der Waals surface area contributed by atoms with Gasteiger partial charge in [-0.2, -0.15) is 26.3 Å². The molecule has 1 aromatic heterocycles. The number of rotatable bonds is 8. The third-order valence-electron chi connectivity index (χ3n) is 5.56. The summed E-state index contributed by atoms with van der Waals surface area (Å²) >= 11 is 0. The molecular weight excluding hydrogens is 532 g/mol. The van der Waals surface area contributed by atoms with E-state index in [1.807, 2.05) is 30.3 Å². The Kier molecular flexibility index (Phi) is 7.57. The zero-order chi connectivity index (χ0) is 28.4. The van der Waals surface area contributed by atoms with Crippen molar-refractivity contribution >= 4 is 5.97 Å². The minimum atomic E-state index is -5.35. The molecule has 0 saturated heterocycles. The lowest BCUT2D eigenvalue weighted by atomic mass is 10.0. The molecule has 0 fully saturated rings. The molecule has 0 radical (unpaired) electrons. The first kappa shape index (κ1) is 27.6. The number of aromatic carboxylic acids is 1. The van der Waals surface area contributed by atoms with Gasteiger partial charge in [0.2, 0.25) is 5.89 Å². The summed E-state index contributed by atoms with van der Waals surface area (Å²) in [4.78, 5) is 15.9. The van der Waals surface area contributed by atoms with Crippen LogP contribution in [0.3, 0.4) is 0 Å². The molecule has 0 unspecified atom stereocenters. The number of hydrogen-bond donors (Lipinski definition) is 1. The number of carboxylic acids is 1. The van der Waals surface area contributed by atoms with Crippen molar-refractivity contribution < 1.29 is 50.1 Å². The molecule has 0 atom stereocenters. The van der Waals surface area contributed by atoms with Crippen LogP contribution in [-0.4, -0.2) is 16.1 Å². The predicted octanol–water partition coefficient (Wildman–Crippen LogP) is 7.54. The zero-order valence-corrected chi connectivity index (χ0v) is 20.1. The summed E-state index contributed by atoms with van der Waals surface area (Å²) in [6.07, 6.45) is -10.5. The van der Waals surface area contributed by atoms with E-state index in [0.29, 0.717) is 28.7 Å². The van der Waals surface area contributed by atoms with Crippen molar-refractivity contribution in [3.05, 3.63) is 100 Å². The molecular formula is C27H19F6NO5. The van der Waals surface area contributed by atoms with Crippen molar-refractivity contribution in [2.75, 3.05) is 0 Å². The molecule has 39 heavy (non-hydrogen) atoms. The lowest BCUT2D eigenvalue weighted by Crippen LogP contribution is -2.18. The van der Waals surface area contributed by atoms with Crippen LogP contribution in [0.5, 0.6) is 11.5 Å². The Morgan fingerprint density at radius 3 is 2.15 bits per heavy atom. The molecule has 0 bridgehead atoms. The number of ether oxygens (including phenoxy) is 2. The van der Waals surface area contributed by atoms with Crippen LogP contribution < -0.4 is 9.47 Å². The maximum absolute atomic E-state index is 13.4. The molecule has 1 heterocycles. The van der Waals surface area contributed by atoms with Crippen LogP contribution in [0.25, 0.3) is 11.5 Å². The second-order valence-corrected chi connectivity index (χ2v) is 8.31. The Bertz CT molecular complexity index is 1460. The third kappa shape index (κ3) is 6.51. The van der Waals surface area contributed by atoms with Gasteiger partial charge in [-0.3, -0.25) is 0 Å². The molecule has 4 aromatic rings. The number of aromatic nitrogens is 1. The Hall–Kier alpha value is -4.48. The second-order valence-electron chi connectivity index (χ2n) is 8.31. The van der Waals surface area contributed by atoms with Crippen molar-refractivity contribution in [1.29, 1.82) is 0 Å². The number of alkyl halides is 6. The first-order chi connectivity index (χ1) is 18.3. The maximum Gasteiger partial charge on any atom is 0.417 e. The fraction of sp³-hybridized carbons (Fsp3) is 0.185. The van der Waals surface area contributed by atoms with Gasteiger partial charge >= 0.3 is 18.3 Å². The predicted molar refractivity (Wildman–Crippen MR) is 125 cm³/mol. The molecule has 0 aliphatic rings. The Morgan fingerprint density at radius 2 is 1.56 bits per heavy atom. The highest BCUT2D eigenvalue weighted by molar-refractivity contribution is 5.93. The van der Waals surface area contributed by atoms with Crippen LogP contribution in [0.2, 0.25) is 0 Å². The van der Waals surface area contributed by atoms with Crippen molar-refractivity contribution in [2.24, 2.45) is 0 Å². The van der Waals surface area contributed by atoms with E-state index in [2.05, 4.69) is 4.98 Å². The minimum Gasteiger partial charge on any atom is -0.488 e. The molecule has 3 aromatic carbocycles. The van der Waals surface area contributed by atoms with E-state index in [9.17, 15) is 36.2 Å². The molecule has 0 aliphatic heterocycles. The molecule has 6 nitrogen and oxygen atoms in total. The van der Waals surface area contributed by atoms with Gasteiger partial charge in [-0.05, 0) is 48.9 Å². The van der Waals surface area contributed by atoms with Crippen LogP contribution in [0.4, 0.5) is 26.3 Å². The van der Waals surface area contributed by atoms with Gasteiger partial charge in [-0.25, -0.2) is 9.78 Å². The van der Waals surface area contributed by atoms with Crippen LogP contribution in [0.15, 0.2) is 71.1 Å². The van der Waals surface area contributed by atoms with Crippen molar-refractivity contribution in [1.82, 2.24) is 4.98 Å². The van der Waals surface area contributed by atoms with Gasteiger partial charge in [0, 0.05) is 5.56 Å². The summed E-state index contributed by atoms with van der Waals surface area (Å²) < 4.78 is 96.2. The molecule has 0 spiro atoms. The van der Waals surface area contributed by atoms with E-state index in [4.69, 9.17) is 13.9 Å². The van der Waals surface area contributed by atoms with Crippen molar-refractivity contribution in [2.45, 2.75) is 32.5 Å². The summed E-state index contributed by atoms with van der Waals surface area (Å²) in [7, 11) is 0. The summed E-state index contributed by atoms with van der Waals surface area (Å²) in [5, 5.41) is 9.29. The highest BCUT2D eigenvalue weighted by atomic mass is 19.4. The average molecular weight is 551 g/mol. The first-order valence-corrected chi connectivity index (χ1v) is 11.2. The van der Waals surface area contributed by atoms with Gasteiger partial charge < -0.3 is 19.0 Å². The topological polar surface area (TPSA) is 81.8 Å². The van der Waals surface area contributed by atoms with E-state index in [1.54, 1.807) is 6.92 Å². The third-order valence-corrected chi connectivity index (χ3v) is 5.56. The van der Waals surface area contributed by atoms with Crippen molar-refractivity contribution in [3.8, 4) is 23.0 Å². The number of aryl methyl sites for hydroxylation is 1. The average Bonchev–Trinajstić information content (AvgIpc) is 3.26. The Labute approximate surface area is 217 Å². The van der Waals surface area contributed by atoms with E-state index >= 15 is 0 Å². The van der Waals surface area contributed by atoms with Crippen molar-refractivity contribution in [3.63, 3.8) is 0 Å². The Morgan fingerprint density at radius 1 is 0.897 bits per heavy atom. The zero-order valence-electron chi connectivity index (χ0n) is 20.1. The van der Waals surface area contributed by atoms with E-state index < -0.39 is 47.4 Å². The molecule has 1 N–H and O–H groups in total. The molecule has 0 saturated carbocycles. The number of benzene rings is 3. The number of hydrogen-bond acceptors (Lipinski definition) is 5. The minimum absolute atomic E-state index is 0.0738. The largest absolute Gasteiger partial charge is 0.488 e. The van der Waals surface area contributed by atoms with E-state index in [1.165, 1.54) is 24.3 Å². The highest BCUT2D eigenvalue weighted by Crippen LogP contribution is 2.41. The van der Waals surface area contributed by atoms with Crippen LogP contribution >= 0.6 is 0 Å². The molecule has 0 amide bonds. The van der Waals surface area contributed by atoms with Gasteiger partial charge in [-0.15, -0.1) is 0 Å². The highest BCUT2D eigenvalue weighted by Gasteiger charge is 2.41. The number of halogens is 6. The summed E-state index contributed by atoms with van der Waals surface area (Å²) in [5.41, 5.74) is -3.35.